The van der Waals surface area contributed by atoms with Crippen molar-refractivity contribution < 1.29 is 17.6 Å². The summed E-state index contributed by atoms with van der Waals surface area (Å²) in [4.78, 5) is 19.0. The minimum absolute atomic E-state index is 0.311. The van der Waals surface area contributed by atoms with Crippen LogP contribution in [0.4, 0.5) is 4.39 Å². The lowest BCUT2D eigenvalue weighted by Crippen LogP contribution is -2.31. The molecule has 1 atom stereocenters. The number of thiazole rings is 1. The highest BCUT2D eigenvalue weighted by Crippen LogP contribution is 2.27. The van der Waals surface area contributed by atoms with Gasteiger partial charge in [-0.2, -0.15) is 0 Å². The minimum Gasteiger partial charge on any atom is -0.333 e. The molecule has 1 heterocycles. The number of nitrogens with two attached hydrogens (primary N) is 1. The predicted molar refractivity (Wildman–Crippen MR) is 89.9 cm³/mol. The summed E-state index contributed by atoms with van der Waals surface area (Å²) < 4.78 is 36.8. The van der Waals surface area contributed by atoms with E-state index in [0.29, 0.717) is 0 Å². The summed E-state index contributed by atoms with van der Waals surface area (Å²) in [5.74, 6) is -1.45. The van der Waals surface area contributed by atoms with Crippen molar-refractivity contribution in [1.29, 1.82) is 0 Å². The molecule has 2 N–H and O–H groups in total. The smallest absolute Gasteiger partial charge is 0.257 e. The first-order chi connectivity index (χ1) is 11.0. The van der Waals surface area contributed by atoms with Gasteiger partial charge >= 0.3 is 0 Å². The zero-order chi connectivity index (χ0) is 18.2. The molecule has 0 fully saturated rings. The Balaban J connectivity index is 2.39. The van der Waals surface area contributed by atoms with Gasteiger partial charge in [0.25, 0.3) is 5.91 Å². The second-order valence-corrected chi connectivity index (χ2v) is 8.42. The van der Waals surface area contributed by atoms with Crippen LogP contribution in [-0.2, 0) is 10.0 Å². The van der Waals surface area contributed by atoms with Crippen LogP contribution in [0, 0.1) is 19.7 Å². The molecular formula is C15H18FN3O3S2. The zero-order valence-corrected chi connectivity index (χ0v) is 15.3. The molecule has 1 aromatic heterocycles. The summed E-state index contributed by atoms with van der Waals surface area (Å²) in [6.07, 6.45) is 0. The summed E-state index contributed by atoms with van der Waals surface area (Å²) in [5, 5.41) is 5.91. The van der Waals surface area contributed by atoms with E-state index in [1.165, 1.54) is 23.3 Å². The molecule has 0 radical (unpaired) electrons. The molecule has 0 unspecified atom stereocenters. The van der Waals surface area contributed by atoms with E-state index in [4.69, 9.17) is 5.14 Å². The van der Waals surface area contributed by atoms with Crippen LogP contribution >= 0.6 is 11.3 Å². The van der Waals surface area contributed by atoms with Crippen molar-refractivity contribution in [2.75, 3.05) is 7.05 Å². The Bertz CT molecular complexity index is 893. The third kappa shape index (κ3) is 3.63. The summed E-state index contributed by atoms with van der Waals surface area (Å²) in [6.45, 7) is 5.54. The topological polar surface area (TPSA) is 93.4 Å². The molecule has 0 aliphatic heterocycles. The molecule has 9 heteroatoms. The van der Waals surface area contributed by atoms with Gasteiger partial charge in [0.2, 0.25) is 10.0 Å². The van der Waals surface area contributed by atoms with Gasteiger partial charge in [0.05, 0.1) is 27.2 Å². The Hall–Kier alpha value is -1.84. The second-order valence-electron chi connectivity index (χ2n) is 5.45. The number of sulfonamides is 1. The Labute approximate surface area is 144 Å². The molecule has 0 saturated carbocycles. The first kappa shape index (κ1) is 18.5. The monoisotopic (exact) mass is 371 g/mol. The number of nitrogens with zero attached hydrogens (tertiary/aromatic N) is 2. The van der Waals surface area contributed by atoms with Crippen LogP contribution < -0.4 is 5.14 Å². The van der Waals surface area contributed by atoms with Gasteiger partial charge in [-0.25, -0.2) is 22.9 Å². The minimum atomic E-state index is -4.03. The number of primary sulfonamides is 1. The highest BCUT2D eigenvalue weighted by Gasteiger charge is 2.25. The maximum atomic E-state index is 14.0. The maximum Gasteiger partial charge on any atom is 0.257 e. The summed E-state index contributed by atoms with van der Waals surface area (Å²) >= 11 is 1.51. The van der Waals surface area contributed by atoms with E-state index in [1.54, 1.807) is 6.92 Å². The van der Waals surface area contributed by atoms with Crippen LogP contribution in [0.5, 0.6) is 0 Å². The highest BCUT2D eigenvalue weighted by molar-refractivity contribution is 7.89. The lowest BCUT2D eigenvalue weighted by Gasteiger charge is -2.24. The van der Waals surface area contributed by atoms with Gasteiger partial charge in [0.15, 0.2) is 0 Å². The van der Waals surface area contributed by atoms with E-state index >= 15 is 0 Å². The van der Waals surface area contributed by atoms with Crippen molar-refractivity contribution in [1.82, 2.24) is 9.88 Å². The third-order valence-corrected chi connectivity index (χ3v) is 5.55. The number of hydrogen-bond donors (Lipinski definition) is 1. The van der Waals surface area contributed by atoms with Crippen LogP contribution in [0.25, 0.3) is 0 Å². The molecule has 2 aromatic rings. The maximum absolute atomic E-state index is 14.0. The fourth-order valence-corrected chi connectivity index (χ4v) is 3.77. The van der Waals surface area contributed by atoms with Crippen molar-refractivity contribution in [2.45, 2.75) is 31.7 Å². The first-order valence-electron chi connectivity index (χ1n) is 7.05. The normalized spacial score (nSPS) is 12.9. The fourth-order valence-electron chi connectivity index (χ4n) is 2.33. The number of benzene rings is 1. The van der Waals surface area contributed by atoms with Gasteiger partial charge in [0.1, 0.15) is 5.82 Å². The number of amides is 1. The Kier molecular flexibility index (Phi) is 5.07. The molecule has 0 aliphatic carbocycles. The zero-order valence-electron chi connectivity index (χ0n) is 13.7. The van der Waals surface area contributed by atoms with Crippen molar-refractivity contribution in [2.24, 2.45) is 5.14 Å². The summed E-state index contributed by atoms with van der Waals surface area (Å²) in [7, 11) is -2.51. The van der Waals surface area contributed by atoms with Crippen LogP contribution in [0.2, 0.25) is 0 Å². The molecule has 1 aromatic carbocycles. The van der Waals surface area contributed by atoms with Gasteiger partial charge in [-0.1, -0.05) is 0 Å². The van der Waals surface area contributed by atoms with Crippen LogP contribution in [0.1, 0.15) is 38.9 Å². The molecule has 0 aliphatic rings. The number of halogens is 1. The number of rotatable bonds is 4. The molecule has 130 valence electrons. The molecule has 1 amide bonds. The number of hydrogen-bond acceptors (Lipinski definition) is 5. The largest absolute Gasteiger partial charge is 0.333 e. The van der Waals surface area contributed by atoms with Gasteiger partial charge in [-0.3, -0.25) is 4.79 Å². The quantitative estimate of drug-likeness (QED) is 0.893. The molecular weight excluding hydrogens is 353 g/mol. The Morgan fingerprint density at radius 1 is 1.38 bits per heavy atom. The van der Waals surface area contributed by atoms with Gasteiger partial charge in [-0.05, 0) is 39.0 Å². The van der Waals surface area contributed by atoms with Crippen LogP contribution in [0.3, 0.4) is 0 Å². The fraction of sp³-hybridized carbons (Fsp3) is 0.333. The molecule has 0 spiro atoms. The summed E-state index contributed by atoms with van der Waals surface area (Å²) in [6, 6.07) is 2.51. The number of carbonyl (C=O) groups excluding carboxylic acids is 1. The number of aromatic nitrogens is 1. The van der Waals surface area contributed by atoms with Crippen LogP contribution in [-0.4, -0.2) is 31.3 Å². The van der Waals surface area contributed by atoms with Crippen LogP contribution in [0.15, 0.2) is 23.1 Å². The standard InChI is InChI=1S/C15H18FN3O3S2/c1-8(14-9(2)23-10(3)18-14)19(4)15(20)12-7-11(24(17,21)22)5-6-13(12)16/h5-8H,1-4H3,(H2,17,21,22)/t8-/m0/s1. The molecule has 0 bridgehead atoms. The average molecular weight is 371 g/mol. The van der Waals surface area contributed by atoms with E-state index in [1.807, 2.05) is 13.8 Å². The first-order valence-corrected chi connectivity index (χ1v) is 9.42. The molecule has 2 rings (SSSR count). The molecule has 6 nitrogen and oxygen atoms in total. The van der Waals surface area contributed by atoms with Crippen molar-refractivity contribution in [3.8, 4) is 0 Å². The molecule has 0 saturated heterocycles. The van der Waals surface area contributed by atoms with E-state index in [9.17, 15) is 17.6 Å². The van der Waals surface area contributed by atoms with Gasteiger partial charge in [0, 0.05) is 11.9 Å². The van der Waals surface area contributed by atoms with Gasteiger partial charge in [-0.15, -0.1) is 11.3 Å². The van der Waals surface area contributed by atoms with E-state index < -0.39 is 21.7 Å². The Morgan fingerprint density at radius 2 is 2.00 bits per heavy atom. The number of aryl methyl sites for hydroxylation is 2. The number of carbonyl (C=O) groups is 1. The van der Waals surface area contributed by atoms with E-state index in [-0.39, 0.29) is 16.5 Å². The Morgan fingerprint density at radius 3 is 2.50 bits per heavy atom. The van der Waals surface area contributed by atoms with Gasteiger partial charge < -0.3 is 4.90 Å². The van der Waals surface area contributed by atoms with Crippen molar-refractivity contribution in [3.05, 3.63) is 45.2 Å². The average Bonchev–Trinajstić information content (AvgIpc) is 2.83. The third-order valence-electron chi connectivity index (χ3n) is 3.73. The highest BCUT2D eigenvalue weighted by atomic mass is 32.2. The molecule has 24 heavy (non-hydrogen) atoms. The summed E-state index contributed by atoms with van der Waals surface area (Å²) in [5.41, 5.74) is 0.386. The second kappa shape index (κ2) is 6.58. The predicted octanol–water partition coefficient (Wildman–Crippen LogP) is 2.38. The van der Waals surface area contributed by atoms with E-state index in [2.05, 4.69) is 4.98 Å². The lowest BCUT2D eigenvalue weighted by atomic mass is 10.1. The van der Waals surface area contributed by atoms with Crippen molar-refractivity contribution in [3.63, 3.8) is 0 Å². The van der Waals surface area contributed by atoms with E-state index in [0.717, 1.165) is 33.8 Å². The SMILES string of the molecule is Cc1nc([C@H](C)N(C)C(=O)c2cc(S(N)(=O)=O)ccc2F)c(C)s1. The van der Waals surface area contributed by atoms with Crippen molar-refractivity contribution >= 4 is 27.3 Å². The lowest BCUT2D eigenvalue weighted by molar-refractivity contribution is 0.0734.